The van der Waals surface area contributed by atoms with Gasteiger partial charge in [-0.15, -0.1) is 0 Å². The van der Waals surface area contributed by atoms with Crippen LogP contribution in [0.2, 0.25) is 0 Å². The Bertz CT molecular complexity index is 1340. The van der Waals surface area contributed by atoms with E-state index in [2.05, 4.69) is 0 Å². The monoisotopic (exact) mass is 513 g/mol. The van der Waals surface area contributed by atoms with E-state index in [9.17, 15) is 30.4 Å². The summed E-state index contributed by atoms with van der Waals surface area (Å²) in [5.41, 5.74) is -0.883. The molecule has 0 radical (unpaired) electrons. The molecule has 0 unspecified atom stereocenters. The van der Waals surface area contributed by atoms with Crippen LogP contribution in [0.5, 0.6) is 5.75 Å². The van der Waals surface area contributed by atoms with Crippen LogP contribution in [-0.2, 0) is 16.2 Å². The summed E-state index contributed by atoms with van der Waals surface area (Å²) in [4.78, 5) is -0.570. The predicted molar refractivity (Wildman–Crippen MR) is 119 cm³/mol. The summed E-state index contributed by atoms with van der Waals surface area (Å²) in [5, 5.41) is 9.15. The molecule has 0 saturated heterocycles. The lowest BCUT2D eigenvalue weighted by Crippen LogP contribution is -2.43. The fourth-order valence-corrected chi connectivity index (χ4v) is 5.41. The molecule has 1 atom stereocenters. The van der Waals surface area contributed by atoms with Gasteiger partial charge < -0.3 is 9.84 Å². The van der Waals surface area contributed by atoms with Crippen LogP contribution in [0, 0.1) is 11.6 Å². The number of fused-ring (bicyclic) bond motifs is 1. The molecule has 11 heteroatoms. The third kappa shape index (κ3) is 5.10. The van der Waals surface area contributed by atoms with Gasteiger partial charge in [0.25, 0.3) is 10.0 Å². The number of hydrogen-bond donors (Lipinski definition) is 1. The Morgan fingerprint density at radius 2 is 1.80 bits per heavy atom. The van der Waals surface area contributed by atoms with Gasteiger partial charge in [0.05, 0.1) is 22.7 Å². The van der Waals surface area contributed by atoms with Crippen molar-refractivity contribution in [3.05, 3.63) is 77.9 Å². The van der Waals surface area contributed by atoms with Crippen molar-refractivity contribution in [3.63, 3.8) is 0 Å². The Kier molecular flexibility index (Phi) is 6.74. The topological polar surface area (TPSA) is 66.8 Å². The van der Waals surface area contributed by atoms with Crippen LogP contribution in [0.3, 0.4) is 0 Å². The highest BCUT2D eigenvalue weighted by atomic mass is 32.2. The van der Waals surface area contributed by atoms with Gasteiger partial charge in [0, 0.05) is 18.2 Å². The molecular formula is C24H20F5NO4S. The number of benzene rings is 3. The third-order valence-electron chi connectivity index (χ3n) is 5.57. The Balaban J connectivity index is 1.83. The number of aliphatic hydroxyl groups is 1. The number of nitrogens with zero attached hydrogens (tertiary/aromatic N) is 1. The van der Waals surface area contributed by atoms with E-state index in [1.54, 1.807) is 0 Å². The molecule has 186 valence electrons. The number of hydrogen-bond acceptors (Lipinski definition) is 4. The minimum atomic E-state index is -4.74. The highest BCUT2D eigenvalue weighted by Crippen LogP contribution is 2.41. The standard InChI is InChI=1S/C24H20F5NO4S/c25-17-7-8-20(21(26)13-17)15-6-9-23-22(11-15)30(14-18(34-23)4-2-10-31)35(32,33)19-5-1-3-16(12-19)24(27,28)29/h1,3,5-9,11-13,18,31H,2,4,10,14H2/t18-/m0/s1. The lowest BCUT2D eigenvalue weighted by Gasteiger charge is -2.36. The van der Waals surface area contributed by atoms with Crippen molar-refractivity contribution in [2.24, 2.45) is 0 Å². The molecule has 3 aromatic carbocycles. The van der Waals surface area contributed by atoms with Gasteiger partial charge in [-0.05, 0) is 60.9 Å². The van der Waals surface area contributed by atoms with E-state index in [1.807, 2.05) is 0 Å². The zero-order valence-electron chi connectivity index (χ0n) is 18.1. The van der Waals surface area contributed by atoms with Crippen molar-refractivity contribution in [1.82, 2.24) is 0 Å². The second kappa shape index (κ2) is 9.46. The lowest BCUT2D eigenvalue weighted by molar-refractivity contribution is -0.137. The van der Waals surface area contributed by atoms with Crippen LogP contribution in [0.1, 0.15) is 18.4 Å². The molecule has 4 rings (SSSR count). The Morgan fingerprint density at radius 1 is 1.03 bits per heavy atom. The molecular weight excluding hydrogens is 493 g/mol. The van der Waals surface area contributed by atoms with Gasteiger partial charge in [-0.3, -0.25) is 4.31 Å². The maximum Gasteiger partial charge on any atom is 0.416 e. The molecule has 3 aromatic rings. The molecule has 1 aliphatic heterocycles. The summed E-state index contributed by atoms with van der Waals surface area (Å²) < 4.78 is 101. The zero-order chi connectivity index (χ0) is 25.4. The van der Waals surface area contributed by atoms with Crippen LogP contribution < -0.4 is 9.04 Å². The molecule has 5 nitrogen and oxygen atoms in total. The molecule has 0 amide bonds. The largest absolute Gasteiger partial charge is 0.486 e. The number of sulfonamides is 1. The molecule has 0 fully saturated rings. The van der Waals surface area contributed by atoms with Crippen LogP contribution in [0.15, 0.2) is 65.6 Å². The minimum Gasteiger partial charge on any atom is -0.486 e. The van der Waals surface area contributed by atoms with Crippen LogP contribution in [0.4, 0.5) is 27.6 Å². The van der Waals surface area contributed by atoms with Gasteiger partial charge in [0.1, 0.15) is 23.5 Å². The normalized spacial score (nSPS) is 16.1. The first-order chi connectivity index (χ1) is 16.5. The Labute approximate surface area is 198 Å². The molecule has 0 aromatic heterocycles. The Morgan fingerprint density at radius 3 is 2.49 bits per heavy atom. The van der Waals surface area contributed by atoms with Gasteiger partial charge >= 0.3 is 6.18 Å². The van der Waals surface area contributed by atoms with Gasteiger partial charge in [-0.25, -0.2) is 17.2 Å². The number of halogens is 5. The second-order valence-corrected chi connectivity index (χ2v) is 9.84. The molecule has 1 aliphatic rings. The summed E-state index contributed by atoms with van der Waals surface area (Å²) in [6.07, 6.45) is -4.82. The first-order valence-corrected chi connectivity index (χ1v) is 12.0. The van der Waals surface area contributed by atoms with Crippen molar-refractivity contribution in [2.75, 3.05) is 17.5 Å². The number of alkyl halides is 3. The molecule has 0 aliphatic carbocycles. The van der Waals surface area contributed by atoms with Crippen molar-refractivity contribution in [3.8, 4) is 16.9 Å². The van der Waals surface area contributed by atoms with Crippen molar-refractivity contribution < 1.29 is 40.2 Å². The van der Waals surface area contributed by atoms with Crippen LogP contribution in [0.25, 0.3) is 11.1 Å². The van der Waals surface area contributed by atoms with Gasteiger partial charge in [0.2, 0.25) is 0 Å². The van der Waals surface area contributed by atoms with E-state index in [1.165, 1.54) is 24.3 Å². The maximum atomic E-state index is 14.4. The molecule has 0 saturated carbocycles. The highest BCUT2D eigenvalue weighted by Gasteiger charge is 2.37. The summed E-state index contributed by atoms with van der Waals surface area (Å²) in [7, 11) is -4.49. The molecule has 0 spiro atoms. The molecule has 35 heavy (non-hydrogen) atoms. The van der Waals surface area contributed by atoms with Gasteiger partial charge in [0.15, 0.2) is 0 Å². The number of aliphatic hydroxyl groups excluding tert-OH is 1. The first kappa shape index (κ1) is 24.9. The van der Waals surface area contributed by atoms with Crippen molar-refractivity contribution in [1.29, 1.82) is 0 Å². The number of anilines is 1. The van der Waals surface area contributed by atoms with Gasteiger partial charge in [-0.2, -0.15) is 13.2 Å². The third-order valence-corrected chi connectivity index (χ3v) is 7.34. The lowest BCUT2D eigenvalue weighted by atomic mass is 10.0. The first-order valence-electron chi connectivity index (χ1n) is 10.6. The van der Waals surface area contributed by atoms with E-state index in [0.29, 0.717) is 25.0 Å². The molecule has 1 N–H and O–H groups in total. The zero-order valence-corrected chi connectivity index (χ0v) is 18.9. The molecule has 1 heterocycles. The van der Waals surface area contributed by atoms with Crippen LogP contribution >= 0.6 is 0 Å². The average Bonchev–Trinajstić information content (AvgIpc) is 2.81. The second-order valence-electron chi connectivity index (χ2n) is 7.97. The van der Waals surface area contributed by atoms with E-state index >= 15 is 0 Å². The maximum absolute atomic E-state index is 14.4. The summed E-state index contributed by atoms with van der Waals surface area (Å²) in [6, 6.07) is 10.6. The van der Waals surface area contributed by atoms with E-state index in [-0.39, 0.29) is 35.7 Å². The molecule has 0 bridgehead atoms. The SMILES string of the molecule is O=S(=O)(c1cccc(C(F)(F)F)c1)N1C[C@H](CCCO)Oc2ccc(-c3ccc(F)cc3F)cc21. The smallest absolute Gasteiger partial charge is 0.416 e. The number of rotatable bonds is 6. The quantitative estimate of drug-likeness (QED) is 0.450. The van der Waals surface area contributed by atoms with E-state index in [4.69, 9.17) is 9.84 Å². The summed E-state index contributed by atoms with van der Waals surface area (Å²) >= 11 is 0. The van der Waals surface area contributed by atoms with E-state index in [0.717, 1.165) is 28.6 Å². The average molecular weight is 513 g/mol. The predicted octanol–water partition coefficient (Wildman–Crippen LogP) is 5.38. The number of ether oxygens (including phenoxy) is 1. The van der Waals surface area contributed by atoms with Gasteiger partial charge in [-0.1, -0.05) is 12.1 Å². The Hall–Kier alpha value is -3.18. The minimum absolute atomic E-state index is 0.00360. The fourth-order valence-electron chi connectivity index (χ4n) is 3.86. The van der Waals surface area contributed by atoms with Crippen molar-refractivity contribution in [2.45, 2.75) is 30.0 Å². The highest BCUT2D eigenvalue weighted by molar-refractivity contribution is 7.92. The fraction of sp³-hybridized carbons (Fsp3) is 0.250. The van der Waals surface area contributed by atoms with E-state index < -0.39 is 44.4 Å². The van der Waals surface area contributed by atoms with Crippen molar-refractivity contribution >= 4 is 15.7 Å². The summed E-state index contributed by atoms with van der Waals surface area (Å²) in [6.45, 7) is -0.392. The summed E-state index contributed by atoms with van der Waals surface area (Å²) in [5.74, 6) is -1.52. The van der Waals surface area contributed by atoms with Crippen LogP contribution in [-0.4, -0.2) is 32.8 Å².